The van der Waals surface area contributed by atoms with Crippen LogP contribution in [0.2, 0.25) is 0 Å². The Morgan fingerprint density at radius 2 is 2.13 bits per heavy atom. The second kappa shape index (κ2) is 3.59. The summed E-state index contributed by atoms with van der Waals surface area (Å²) in [5, 5.41) is 4.37. The average molecular weight is 272 g/mol. The monoisotopic (exact) mass is 271 g/mol. The van der Waals surface area contributed by atoms with Gasteiger partial charge in [0, 0.05) is 6.04 Å². The van der Waals surface area contributed by atoms with E-state index in [2.05, 4.69) is 41.8 Å². The molecule has 1 unspecified atom stereocenters. The zero-order valence-corrected chi connectivity index (χ0v) is 11.1. The van der Waals surface area contributed by atoms with Gasteiger partial charge in [-0.05, 0) is 48.0 Å². The number of nitrogens with zero attached hydrogens (tertiary/aromatic N) is 2. The molecule has 0 radical (unpaired) electrons. The second-order valence-corrected chi connectivity index (χ2v) is 5.90. The Morgan fingerprint density at radius 1 is 1.53 bits per heavy atom. The van der Waals surface area contributed by atoms with Crippen LogP contribution in [-0.4, -0.2) is 9.78 Å². The van der Waals surface area contributed by atoms with Crippen molar-refractivity contribution in [3.63, 3.8) is 0 Å². The van der Waals surface area contributed by atoms with E-state index in [-0.39, 0.29) is 11.5 Å². The molecule has 4 heteroatoms. The van der Waals surface area contributed by atoms with Crippen LogP contribution in [0.1, 0.15) is 51.4 Å². The number of aromatic nitrogens is 2. The summed E-state index contributed by atoms with van der Waals surface area (Å²) in [7, 11) is 0. The smallest absolute Gasteiger partial charge is 0.0702 e. The minimum atomic E-state index is 0.0942. The van der Waals surface area contributed by atoms with Gasteiger partial charge in [-0.15, -0.1) is 0 Å². The molecule has 2 N–H and O–H groups in total. The van der Waals surface area contributed by atoms with Gasteiger partial charge in [-0.1, -0.05) is 6.92 Å². The fourth-order valence-corrected chi connectivity index (χ4v) is 2.41. The van der Waals surface area contributed by atoms with Crippen LogP contribution in [0, 0.1) is 5.41 Å². The van der Waals surface area contributed by atoms with E-state index in [1.165, 1.54) is 12.8 Å². The maximum atomic E-state index is 6.33. The topological polar surface area (TPSA) is 43.8 Å². The minimum Gasteiger partial charge on any atom is -0.322 e. The maximum Gasteiger partial charge on any atom is 0.0702 e. The van der Waals surface area contributed by atoms with E-state index in [0.717, 1.165) is 10.2 Å². The van der Waals surface area contributed by atoms with Crippen molar-refractivity contribution >= 4 is 15.9 Å². The molecule has 1 aliphatic rings. The van der Waals surface area contributed by atoms with Gasteiger partial charge in [0.1, 0.15) is 0 Å². The van der Waals surface area contributed by atoms with Crippen LogP contribution in [0.5, 0.6) is 0 Å². The fraction of sp³-hybridized carbons (Fsp3) is 0.727. The molecule has 15 heavy (non-hydrogen) atoms. The van der Waals surface area contributed by atoms with E-state index in [0.29, 0.717) is 6.04 Å². The predicted molar refractivity (Wildman–Crippen MR) is 64.6 cm³/mol. The standard InChI is InChI=1S/C11H18BrN3/c1-7(2)15-9(8(12)6-14-15)10(13)11(3)4-5-11/h6-7,10H,4-5,13H2,1-3H3. The molecule has 2 rings (SSSR count). The highest BCUT2D eigenvalue weighted by molar-refractivity contribution is 9.10. The molecule has 3 nitrogen and oxygen atoms in total. The predicted octanol–water partition coefficient (Wildman–Crippen LogP) is 3.03. The molecule has 0 saturated heterocycles. The highest BCUT2D eigenvalue weighted by Gasteiger charge is 2.45. The zero-order valence-electron chi connectivity index (χ0n) is 9.50. The summed E-state index contributed by atoms with van der Waals surface area (Å²) in [6.07, 6.45) is 4.30. The normalized spacial score (nSPS) is 20.7. The summed E-state index contributed by atoms with van der Waals surface area (Å²) >= 11 is 3.54. The van der Waals surface area contributed by atoms with Crippen molar-refractivity contribution in [3.8, 4) is 0 Å². The van der Waals surface area contributed by atoms with Gasteiger partial charge in [0.05, 0.1) is 22.4 Å². The summed E-state index contributed by atoms with van der Waals surface area (Å²) in [6.45, 7) is 6.51. The molecule has 1 aliphatic carbocycles. The third-order valence-electron chi connectivity index (χ3n) is 3.36. The molecule has 84 valence electrons. The summed E-state index contributed by atoms with van der Waals surface area (Å²) in [6, 6.07) is 0.455. The molecule has 0 aromatic carbocycles. The van der Waals surface area contributed by atoms with Crippen LogP contribution < -0.4 is 5.73 Å². The van der Waals surface area contributed by atoms with Crippen LogP contribution in [0.4, 0.5) is 0 Å². The average Bonchev–Trinajstić information content (AvgIpc) is 2.78. The summed E-state index contributed by atoms with van der Waals surface area (Å²) < 4.78 is 3.06. The molecule has 0 spiro atoms. The number of halogens is 1. The highest BCUT2D eigenvalue weighted by atomic mass is 79.9. The fourth-order valence-electron chi connectivity index (χ4n) is 1.89. The Balaban J connectivity index is 2.37. The van der Waals surface area contributed by atoms with Gasteiger partial charge in [-0.3, -0.25) is 4.68 Å². The Morgan fingerprint density at radius 3 is 2.60 bits per heavy atom. The largest absolute Gasteiger partial charge is 0.322 e. The van der Waals surface area contributed by atoms with Gasteiger partial charge in [-0.25, -0.2) is 0 Å². The van der Waals surface area contributed by atoms with Gasteiger partial charge >= 0.3 is 0 Å². The van der Waals surface area contributed by atoms with Gasteiger partial charge in [0.15, 0.2) is 0 Å². The second-order valence-electron chi connectivity index (χ2n) is 5.05. The van der Waals surface area contributed by atoms with Gasteiger partial charge < -0.3 is 5.73 Å². The van der Waals surface area contributed by atoms with Crippen LogP contribution in [0.25, 0.3) is 0 Å². The number of rotatable bonds is 3. The van der Waals surface area contributed by atoms with Crippen molar-refractivity contribution in [3.05, 3.63) is 16.4 Å². The van der Waals surface area contributed by atoms with Gasteiger partial charge in [0.25, 0.3) is 0 Å². The lowest BCUT2D eigenvalue weighted by atomic mass is 9.96. The maximum absolute atomic E-state index is 6.33. The molecule has 0 amide bonds. The number of nitrogens with two attached hydrogens (primary N) is 1. The summed E-state index contributed by atoms with van der Waals surface area (Å²) in [5.74, 6) is 0. The Labute approximate surface area is 99.2 Å². The first kappa shape index (κ1) is 11.1. The number of hydrogen-bond acceptors (Lipinski definition) is 2. The van der Waals surface area contributed by atoms with E-state index in [4.69, 9.17) is 5.73 Å². The molecule has 1 atom stereocenters. The summed E-state index contributed by atoms with van der Waals surface area (Å²) in [5.41, 5.74) is 7.76. The van der Waals surface area contributed by atoms with Crippen molar-refractivity contribution in [1.29, 1.82) is 0 Å². The van der Waals surface area contributed by atoms with Crippen LogP contribution in [-0.2, 0) is 0 Å². The summed E-state index contributed by atoms with van der Waals surface area (Å²) in [4.78, 5) is 0. The molecule has 1 aromatic rings. The molecular formula is C11H18BrN3. The van der Waals surface area contributed by atoms with Crippen molar-refractivity contribution in [2.24, 2.45) is 11.1 Å². The van der Waals surface area contributed by atoms with Crippen LogP contribution in [0.15, 0.2) is 10.7 Å². The molecule has 0 aliphatic heterocycles. The first-order valence-electron chi connectivity index (χ1n) is 5.44. The molecule has 1 aromatic heterocycles. The van der Waals surface area contributed by atoms with Crippen LogP contribution in [0.3, 0.4) is 0 Å². The minimum absolute atomic E-state index is 0.0942. The lowest BCUT2D eigenvalue weighted by Gasteiger charge is -2.22. The molecule has 1 heterocycles. The molecule has 1 saturated carbocycles. The van der Waals surface area contributed by atoms with Crippen LogP contribution >= 0.6 is 15.9 Å². The van der Waals surface area contributed by atoms with E-state index in [1.807, 2.05) is 10.9 Å². The third-order valence-corrected chi connectivity index (χ3v) is 3.97. The lowest BCUT2D eigenvalue weighted by Crippen LogP contribution is -2.25. The molecular weight excluding hydrogens is 254 g/mol. The van der Waals surface area contributed by atoms with Crippen molar-refractivity contribution in [2.75, 3.05) is 0 Å². The lowest BCUT2D eigenvalue weighted by molar-refractivity contribution is 0.397. The Hall–Kier alpha value is -0.350. The van der Waals surface area contributed by atoms with Gasteiger partial charge in [-0.2, -0.15) is 5.10 Å². The Kier molecular flexibility index (Phi) is 2.67. The van der Waals surface area contributed by atoms with Crippen molar-refractivity contribution in [2.45, 2.75) is 45.7 Å². The Bertz CT molecular complexity index is 366. The van der Waals surface area contributed by atoms with E-state index < -0.39 is 0 Å². The SMILES string of the molecule is CC(C)n1ncc(Br)c1C(N)C1(C)CC1. The quantitative estimate of drug-likeness (QED) is 0.919. The van der Waals surface area contributed by atoms with Crippen molar-refractivity contribution in [1.82, 2.24) is 9.78 Å². The van der Waals surface area contributed by atoms with E-state index >= 15 is 0 Å². The van der Waals surface area contributed by atoms with E-state index in [1.54, 1.807) is 0 Å². The van der Waals surface area contributed by atoms with Gasteiger partial charge in [0.2, 0.25) is 0 Å². The zero-order chi connectivity index (χ0) is 11.2. The first-order valence-corrected chi connectivity index (χ1v) is 6.23. The molecule has 1 fully saturated rings. The molecule has 0 bridgehead atoms. The van der Waals surface area contributed by atoms with Crippen molar-refractivity contribution < 1.29 is 0 Å². The van der Waals surface area contributed by atoms with E-state index in [9.17, 15) is 0 Å². The first-order chi connectivity index (χ1) is 6.96. The third kappa shape index (κ3) is 1.85. The highest BCUT2D eigenvalue weighted by Crippen LogP contribution is 2.54. The number of hydrogen-bond donors (Lipinski definition) is 1.